The van der Waals surface area contributed by atoms with E-state index in [1.165, 1.54) is 0 Å². The molecule has 1 aromatic carbocycles. The predicted molar refractivity (Wildman–Crippen MR) is 133 cm³/mol. The van der Waals surface area contributed by atoms with Crippen molar-refractivity contribution in [3.8, 4) is 11.5 Å². The highest BCUT2D eigenvalue weighted by atomic mass is 16.5. The third kappa shape index (κ3) is 3.49. The maximum atomic E-state index is 13.7. The molecule has 3 aliphatic rings. The number of ether oxygens (including phenoxy) is 2. The summed E-state index contributed by atoms with van der Waals surface area (Å²) in [5.41, 5.74) is 3.47. The zero-order chi connectivity index (χ0) is 24.9. The molecular formula is C27H34N4O4. The van der Waals surface area contributed by atoms with Crippen molar-refractivity contribution in [3.63, 3.8) is 0 Å². The van der Waals surface area contributed by atoms with Crippen molar-refractivity contribution >= 4 is 11.9 Å². The van der Waals surface area contributed by atoms with Crippen LogP contribution in [-0.2, 0) is 13.6 Å². The molecule has 2 aromatic rings. The molecule has 2 fully saturated rings. The molecule has 4 heterocycles. The number of rotatable bonds is 4. The zero-order valence-corrected chi connectivity index (χ0v) is 21.2. The number of hydrogen-bond donors (Lipinski definition) is 0. The Balaban J connectivity index is 1.50. The Morgan fingerprint density at radius 3 is 2.51 bits per heavy atom. The maximum Gasteiger partial charge on any atom is 0.325 e. The third-order valence-electron chi connectivity index (χ3n) is 7.95. The molecule has 0 bridgehead atoms. The van der Waals surface area contributed by atoms with Gasteiger partial charge >= 0.3 is 6.03 Å². The molecular weight excluding hydrogens is 444 g/mol. The first kappa shape index (κ1) is 23.3. The number of allylic oxidation sites excluding steroid dienone is 1. The van der Waals surface area contributed by atoms with Gasteiger partial charge in [0.25, 0.3) is 5.91 Å². The first-order chi connectivity index (χ1) is 16.8. The number of carbonyl (C=O) groups is 2. The minimum atomic E-state index is -0.412. The van der Waals surface area contributed by atoms with Crippen LogP contribution in [0.4, 0.5) is 4.79 Å². The number of methoxy groups -OCH3 is 2. The summed E-state index contributed by atoms with van der Waals surface area (Å²) in [7, 11) is 5.21. The largest absolute Gasteiger partial charge is 0.497 e. The highest BCUT2D eigenvalue weighted by molar-refractivity contribution is 5.93. The van der Waals surface area contributed by atoms with Crippen molar-refractivity contribution in [3.05, 3.63) is 59.1 Å². The quantitative estimate of drug-likeness (QED) is 0.667. The standard InChI is InChI=1S/C27H34N4O4/c1-6-31-26(33)30-17-19-15-20(34-4)16-22(35-5)24(19)18(2)14-23(30)27(31)9-12-29(13-10-27)25(32)21-8-7-11-28(21)3/h7-8,11,14-16,18H,6,9-10,12-13,17H2,1-5H3/t18-/m0/s1. The van der Waals surface area contributed by atoms with Gasteiger partial charge in [0.2, 0.25) is 0 Å². The molecule has 1 aromatic heterocycles. The lowest BCUT2D eigenvalue weighted by Gasteiger charge is -2.44. The Hall–Kier alpha value is -3.42. The molecule has 3 aliphatic heterocycles. The van der Waals surface area contributed by atoms with Crippen molar-refractivity contribution in [1.29, 1.82) is 0 Å². The van der Waals surface area contributed by atoms with Crippen molar-refractivity contribution in [2.45, 2.75) is 44.7 Å². The van der Waals surface area contributed by atoms with E-state index in [0.717, 1.165) is 28.3 Å². The summed E-state index contributed by atoms with van der Waals surface area (Å²) in [6.45, 7) is 6.51. The topological polar surface area (TPSA) is 67.2 Å². The fraction of sp³-hybridized carbons (Fsp3) is 0.481. The van der Waals surface area contributed by atoms with E-state index in [1.54, 1.807) is 14.2 Å². The number of aromatic nitrogens is 1. The number of likely N-dealkylation sites (tertiary alicyclic amines) is 1. The van der Waals surface area contributed by atoms with Gasteiger partial charge in [-0.1, -0.05) is 13.0 Å². The Bertz CT molecular complexity index is 1190. The van der Waals surface area contributed by atoms with Crippen LogP contribution in [0.3, 0.4) is 0 Å². The van der Waals surface area contributed by atoms with Crippen LogP contribution < -0.4 is 9.47 Å². The molecule has 8 heteroatoms. The molecule has 3 amide bonds. The van der Waals surface area contributed by atoms with Gasteiger partial charge in [-0.15, -0.1) is 0 Å². The van der Waals surface area contributed by atoms with E-state index in [9.17, 15) is 9.59 Å². The lowest BCUT2D eigenvalue weighted by Crippen LogP contribution is -2.54. The molecule has 35 heavy (non-hydrogen) atoms. The number of urea groups is 1. The monoisotopic (exact) mass is 478 g/mol. The Morgan fingerprint density at radius 2 is 1.91 bits per heavy atom. The molecule has 1 spiro atoms. The molecule has 0 saturated carbocycles. The van der Waals surface area contributed by atoms with Crippen LogP contribution in [-0.4, -0.2) is 70.6 Å². The van der Waals surface area contributed by atoms with E-state index >= 15 is 0 Å². The highest BCUT2D eigenvalue weighted by Gasteiger charge is 2.55. The zero-order valence-electron chi connectivity index (χ0n) is 21.2. The summed E-state index contributed by atoms with van der Waals surface area (Å²) in [5.74, 6) is 1.61. The van der Waals surface area contributed by atoms with Crippen LogP contribution in [0.25, 0.3) is 0 Å². The summed E-state index contributed by atoms with van der Waals surface area (Å²) in [6, 6.07) is 7.71. The number of amides is 3. The van der Waals surface area contributed by atoms with Crippen LogP contribution in [0, 0.1) is 0 Å². The van der Waals surface area contributed by atoms with Crippen LogP contribution in [0.5, 0.6) is 11.5 Å². The minimum Gasteiger partial charge on any atom is -0.497 e. The smallest absolute Gasteiger partial charge is 0.325 e. The number of likely N-dealkylation sites (N-methyl/N-ethyl adjacent to an activating group) is 1. The molecule has 0 radical (unpaired) electrons. The van der Waals surface area contributed by atoms with Gasteiger partial charge < -0.3 is 23.8 Å². The Kier molecular flexibility index (Phi) is 5.77. The fourth-order valence-electron chi connectivity index (χ4n) is 6.19. The van der Waals surface area contributed by atoms with Gasteiger partial charge in [0.05, 0.1) is 26.3 Å². The number of nitrogens with zero attached hydrogens (tertiary/aromatic N) is 4. The summed E-state index contributed by atoms with van der Waals surface area (Å²) in [6.07, 6.45) is 5.57. The number of hydrogen-bond acceptors (Lipinski definition) is 4. The van der Waals surface area contributed by atoms with Gasteiger partial charge in [0.1, 0.15) is 17.2 Å². The summed E-state index contributed by atoms with van der Waals surface area (Å²) < 4.78 is 13.1. The van der Waals surface area contributed by atoms with E-state index in [4.69, 9.17) is 9.47 Å². The number of piperidine rings is 1. The molecule has 2 saturated heterocycles. The SMILES string of the molecule is CCN1C(=O)N2Cc3cc(OC)cc(OC)c3[C@@H](C)C=C2C12CCN(C(=O)c1cccn1C)CC2. The second-order valence-electron chi connectivity index (χ2n) is 9.68. The molecule has 5 rings (SSSR count). The molecule has 0 N–H and O–H groups in total. The van der Waals surface area contributed by atoms with Gasteiger partial charge in [0, 0.05) is 56.1 Å². The van der Waals surface area contributed by atoms with Gasteiger partial charge in [-0.2, -0.15) is 0 Å². The van der Waals surface area contributed by atoms with E-state index in [2.05, 4.69) is 13.0 Å². The van der Waals surface area contributed by atoms with Crippen LogP contribution in [0.15, 0.2) is 42.2 Å². The molecule has 8 nitrogen and oxygen atoms in total. The van der Waals surface area contributed by atoms with Gasteiger partial charge in [0.15, 0.2) is 0 Å². The van der Waals surface area contributed by atoms with E-state index < -0.39 is 5.54 Å². The maximum absolute atomic E-state index is 13.7. The lowest BCUT2D eigenvalue weighted by atomic mass is 9.82. The minimum absolute atomic E-state index is 0.0304. The lowest BCUT2D eigenvalue weighted by molar-refractivity contribution is 0.0567. The second-order valence-corrected chi connectivity index (χ2v) is 9.68. The first-order valence-corrected chi connectivity index (χ1v) is 12.3. The van der Waals surface area contributed by atoms with Crippen LogP contribution >= 0.6 is 0 Å². The normalized spacial score (nSPS) is 20.9. The summed E-state index contributed by atoms with van der Waals surface area (Å²) in [5, 5.41) is 0. The predicted octanol–water partition coefficient (Wildman–Crippen LogP) is 3.98. The number of aryl methyl sites for hydroxylation is 1. The summed E-state index contributed by atoms with van der Waals surface area (Å²) >= 11 is 0. The number of benzene rings is 1. The molecule has 186 valence electrons. The van der Waals surface area contributed by atoms with Crippen LogP contribution in [0.1, 0.15) is 54.2 Å². The highest BCUT2D eigenvalue weighted by Crippen LogP contribution is 2.49. The number of fused-ring (bicyclic) bond motifs is 3. The van der Waals surface area contributed by atoms with E-state index in [-0.39, 0.29) is 17.9 Å². The van der Waals surface area contributed by atoms with Crippen molar-refractivity contribution < 1.29 is 19.1 Å². The second kappa shape index (κ2) is 8.66. The average Bonchev–Trinajstić information content (AvgIpc) is 3.32. The molecule has 0 aliphatic carbocycles. The Morgan fingerprint density at radius 1 is 1.17 bits per heavy atom. The van der Waals surface area contributed by atoms with Gasteiger partial charge in [-0.3, -0.25) is 9.69 Å². The first-order valence-electron chi connectivity index (χ1n) is 12.3. The van der Waals surface area contributed by atoms with Crippen molar-refractivity contribution in [1.82, 2.24) is 19.3 Å². The van der Waals surface area contributed by atoms with E-state index in [0.29, 0.717) is 44.7 Å². The van der Waals surface area contributed by atoms with Crippen molar-refractivity contribution in [2.24, 2.45) is 7.05 Å². The Labute approximate surface area is 206 Å². The third-order valence-corrected chi connectivity index (χ3v) is 7.95. The van der Waals surface area contributed by atoms with Crippen molar-refractivity contribution in [2.75, 3.05) is 33.9 Å². The molecule has 1 atom stereocenters. The number of carbonyl (C=O) groups excluding carboxylic acids is 2. The van der Waals surface area contributed by atoms with Gasteiger partial charge in [-0.25, -0.2) is 4.79 Å². The van der Waals surface area contributed by atoms with Crippen LogP contribution in [0.2, 0.25) is 0 Å². The molecule has 0 unspecified atom stereocenters. The fourth-order valence-corrected chi connectivity index (χ4v) is 6.19. The average molecular weight is 479 g/mol. The van der Waals surface area contributed by atoms with E-state index in [1.807, 2.05) is 63.7 Å². The van der Waals surface area contributed by atoms with Gasteiger partial charge in [-0.05, 0) is 43.5 Å². The summed E-state index contributed by atoms with van der Waals surface area (Å²) in [4.78, 5) is 32.7.